The molecule has 0 heterocycles. The zero-order valence-corrected chi connectivity index (χ0v) is 11.0. The van der Waals surface area contributed by atoms with Crippen molar-refractivity contribution >= 4 is 16.1 Å². The standard InChI is InChI=1S/C12H15NO4S/c1-3-4-9-17-12(14)13-18(15,16)11-8-6-5-7-10(11)2/h3-8H,9H2,1-2H3,(H,13,14). The number of sulfonamides is 1. The van der Waals surface area contributed by atoms with Gasteiger partial charge in [-0.2, -0.15) is 0 Å². The normalized spacial score (nSPS) is 11.4. The molecule has 6 heteroatoms. The predicted octanol–water partition coefficient (Wildman–Crippen LogP) is 1.99. The van der Waals surface area contributed by atoms with Crippen molar-refractivity contribution in [3.63, 3.8) is 0 Å². The van der Waals surface area contributed by atoms with E-state index >= 15 is 0 Å². The van der Waals surface area contributed by atoms with Crippen molar-refractivity contribution in [2.24, 2.45) is 0 Å². The van der Waals surface area contributed by atoms with Crippen molar-refractivity contribution in [2.75, 3.05) is 6.61 Å². The molecule has 1 aromatic carbocycles. The van der Waals surface area contributed by atoms with Crippen LogP contribution in [0.3, 0.4) is 0 Å². The molecular weight excluding hydrogens is 254 g/mol. The molecule has 0 saturated heterocycles. The lowest BCUT2D eigenvalue weighted by Crippen LogP contribution is -2.31. The zero-order valence-electron chi connectivity index (χ0n) is 10.2. The summed E-state index contributed by atoms with van der Waals surface area (Å²) in [6.07, 6.45) is 2.31. The van der Waals surface area contributed by atoms with Gasteiger partial charge in [-0.25, -0.2) is 17.9 Å². The number of nitrogens with one attached hydrogen (secondary N) is 1. The third kappa shape index (κ3) is 3.89. The Balaban J connectivity index is 2.77. The predicted molar refractivity (Wildman–Crippen MR) is 67.7 cm³/mol. The summed E-state index contributed by atoms with van der Waals surface area (Å²) in [7, 11) is -3.88. The first-order chi connectivity index (χ1) is 8.47. The number of ether oxygens (including phenoxy) is 1. The van der Waals surface area contributed by atoms with Gasteiger partial charge in [-0.1, -0.05) is 30.4 Å². The first-order valence-electron chi connectivity index (χ1n) is 5.33. The van der Waals surface area contributed by atoms with Crippen LogP contribution in [-0.2, 0) is 14.8 Å². The average Bonchev–Trinajstić information content (AvgIpc) is 2.29. The van der Waals surface area contributed by atoms with Crippen LogP contribution in [0.25, 0.3) is 0 Å². The number of hydrogen-bond donors (Lipinski definition) is 1. The van der Waals surface area contributed by atoms with E-state index in [-0.39, 0.29) is 11.5 Å². The maximum atomic E-state index is 11.9. The van der Waals surface area contributed by atoms with Crippen molar-refractivity contribution in [1.82, 2.24) is 4.72 Å². The third-order valence-electron chi connectivity index (χ3n) is 2.15. The second kappa shape index (κ2) is 6.20. The minimum absolute atomic E-state index is 0.0334. The number of benzene rings is 1. The van der Waals surface area contributed by atoms with Gasteiger partial charge in [0.25, 0.3) is 10.0 Å². The van der Waals surface area contributed by atoms with Crippen LogP contribution in [0, 0.1) is 6.92 Å². The van der Waals surface area contributed by atoms with Gasteiger partial charge in [-0.15, -0.1) is 0 Å². The van der Waals surface area contributed by atoms with E-state index in [9.17, 15) is 13.2 Å². The number of carbonyl (C=O) groups is 1. The van der Waals surface area contributed by atoms with Crippen molar-refractivity contribution < 1.29 is 17.9 Å². The van der Waals surface area contributed by atoms with Crippen LogP contribution in [0.5, 0.6) is 0 Å². The largest absolute Gasteiger partial charge is 0.445 e. The van der Waals surface area contributed by atoms with E-state index in [0.29, 0.717) is 5.56 Å². The Morgan fingerprint density at radius 3 is 2.67 bits per heavy atom. The molecule has 5 nitrogen and oxygen atoms in total. The summed E-state index contributed by atoms with van der Waals surface area (Å²) >= 11 is 0. The molecule has 0 saturated carbocycles. The van der Waals surface area contributed by atoms with E-state index in [1.54, 1.807) is 44.2 Å². The lowest BCUT2D eigenvalue weighted by Gasteiger charge is -2.08. The van der Waals surface area contributed by atoms with Crippen molar-refractivity contribution in [2.45, 2.75) is 18.7 Å². The van der Waals surface area contributed by atoms with Gasteiger partial charge in [-0.3, -0.25) is 0 Å². The SMILES string of the molecule is CC=CCOC(=O)NS(=O)(=O)c1ccccc1C. The molecule has 1 N–H and O–H groups in total. The van der Waals surface area contributed by atoms with Gasteiger partial charge >= 0.3 is 6.09 Å². The molecule has 0 unspecified atom stereocenters. The van der Waals surface area contributed by atoms with E-state index in [4.69, 9.17) is 0 Å². The van der Waals surface area contributed by atoms with Crippen LogP contribution in [0.2, 0.25) is 0 Å². The van der Waals surface area contributed by atoms with E-state index in [2.05, 4.69) is 4.74 Å². The van der Waals surface area contributed by atoms with E-state index < -0.39 is 16.1 Å². The fourth-order valence-corrected chi connectivity index (χ4v) is 2.41. The van der Waals surface area contributed by atoms with Crippen molar-refractivity contribution in [1.29, 1.82) is 0 Å². The van der Waals surface area contributed by atoms with Crippen LogP contribution in [0.1, 0.15) is 12.5 Å². The lowest BCUT2D eigenvalue weighted by molar-refractivity contribution is 0.165. The molecule has 18 heavy (non-hydrogen) atoms. The average molecular weight is 269 g/mol. The van der Waals surface area contributed by atoms with Crippen LogP contribution < -0.4 is 4.72 Å². The van der Waals surface area contributed by atoms with Crippen molar-refractivity contribution in [3.8, 4) is 0 Å². The van der Waals surface area contributed by atoms with Gasteiger partial charge in [0.15, 0.2) is 0 Å². The summed E-state index contributed by atoms with van der Waals surface area (Å²) < 4.78 is 30.2. The minimum atomic E-state index is -3.88. The number of allylic oxidation sites excluding steroid dienone is 1. The maximum Gasteiger partial charge on any atom is 0.421 e. The van der Waals surface area contributed by atoms with Gasteiger partial charge in [0, 0.05) is 0 Å². The van der Waals surface area contributed by atoms with Crippen molar-refractivity contribution in [3.05, 3.63) is 42.0 Å². The number of carbonyl (C=O) groups excluding carboxylic acids is 1. The maximum absolute atomic E-state index is 11.9. The van der Waals surface area contributed by atoms with Crippen LogP contribution in [0.15, 0.2) is 41.3 Å². The Bertz CT molecular complexity index is 549. The first kappa shape index (κ1) is 14.2. The highest BCUT2D eigenvalue weighted by Crippen LogP contribution is 2.13. The van der Waals surface area contributed by atoms with E-state index in [1.165, 1.54) is 6.07 Å². The molecule has 1 amide bonds. The molecule has 0 radical (unpaired) electrons. The fraction of sp³-hybridized carbons (Fsp3) is 0.250. The number of hydrogen-bond acceptors (Lipinski definition) is 4. The smallest absolute Gasteiger partial charge is 0.421 e. The van der Waals surface area contributed by atoms with E-state index in [1.807, 2.05) is 4.72 Å². The second-order valence-corrected chi connectivity index (χ2v) is 5.19. The fourth-order valence-electron chi connectivity index (χ4n) is 1.27. The molecule has 98 valence electrons. The highest BCUT2D eigenvalue weighted by Gasteiger charge is 2.19. The van der Waals surface area contributed by atoms with Gasteiger partial charge in [0.05, 0.1) is 4.90 Å². The van der Waals surface area contributed by atoms with Gasteiger partial charge in [-0.05, 0) is 25.5 Å². The number of rotatable bonds is 4. The Hall–Kier alpha value is -1.82. The highest BCUT2D eigenvalue weighted by atomic mass is 32.2. The summed E-state index contributed by atoms with van der Waals surface area (Å²) in [6, 6.07) is 6.39. The summed E-state index contributed by atoms with van der Waals surface area (Å²) in [5.41, 5.74) is 0.561. The topological polar surface area (TPSA) is 72.5 Å². The molecule has 0 aliphatic rings. The second-order valence-electron chi connectivity index (χ2n) is 3.54. The molecule has 0 bridgehead atoms. The van der Waals surface area contributed by atoms with E-state index in [0.717, 1.165) is 0 Å². The Morgan fingerprint density at radius 1 is 1.39 bits per heavy atom. The first-order valence-corrected chi connectivity index (χ1v) is 6.82. The molecule has 0 fully saturated rings. The summed E-state index contributed by atoms with van der Waals surface area (Å²) in [5, 5.41) is 0. The molecule has 1 aromatic rings. The monoisotopic (exact) mass is 269 g/mol. The molecular formula is C12H15NO4S. The Kier molecular flexibility index (Phi) is 4.91. The van der Waals surface area contributed by atoms with Gasteiger partial charge in [0.2, 0.25) is 0 Å². The van der Waals surface area contributed by atoms with Gasteiger partial charge in [0.1, 0.15) is 6.61 Å². The Morgan fingerprint density at radius 2 is 2.06 bits per heavy atom. The highest BCUT2D eigenvalue weighted by molar-refractivity contribution is 7.90. The third-order valence-corrected chi connectivity index (χ3v) is 3.62. The molecule has 0 spiro atoms. The Labute approximate surface area is 107 Å². The summed E-state index contributed by atoms with van der Waals surface area (Å²) in [5.74, 6) is 0. The van der Waals surface area contributed by atoms with Crippen LogP contribution in [0.4, 0.5) is 4.79 Å². The minimum Gasteiger partial charge on any atom is -0.445 e. The summed E-state index contributed by atoms with van der Waals surface area (Å²) in [6.45, 7) is 3.46. The summed E-state index contributed by atoms with van der Waals surface area (Å²) in [4.78, 5) is 11.3. The zero-order chi connectivity index (χ0) is 13.6. The number of amides is 1. The lowest BCUT2D eigenvalue weighted by atomic mass is 10.2. The molecule has 0 aliphatic heterocycles. The van der Waals surface area contributed by atoms with Crippen LogP contribution >= 0.6 is 0 Å². The van der Waals surface area contributed by atoms with Gasteiger partial charge < -0.3 is 4.74 Å². The molecule has 0 aliphatic carbocycles. The molecule has 0 aromatic heterocycles. The number of aryl methyl sites for hydroxylation is 1. The molecule has 0 atom stereocenters. The molecule has 1 rings (SSSR count). The quantitative estimate of drug-likeness (QED) is 0.848. The van der Waals surface area contributed by atoms with Crippen LogP contribution in [-0.4, -0.2) is 21.1 Å².